The van der Waals surface area contributed by atoms with Gasteiger partial charge >= 0.3 is 0 Å². The second-order valence-corrected chi connectivity index (χ2v) is 6.70. The third-order valence-electron chi connectivity index (χ3n) is 4.27. The predicted molar refractivity (Wildman–Crippen MR) is 93.0 cm³/mol. The van der Waals surface area contributed by atoms with Crippen molar-refractivity contribution in [2.45, 2.75) is 25.7 Å². The maximum absolute atomic E-state index is 14.2. The number of rotatable bonds is 4. The third kappa shape index (κ3) is 3.19. The topological polar surface area (TPSA) is 59.2 Å². The highest BCUT2D eigenvalue weighted by Crippen LogP contribution is 2.30. The zero-order chi connectivity index (χ0) is 17.2. The molecular weight excluding hydrogens is 341 g/mol. The molecule has 1 aromatic carbocycles. The van der Waals surface area contributed by atoms with Crippen molar-refractivity contribution < 1.29 is 13.7 Å². The van der Waals surface area contributed by atoms with Crippen LogP contribution in [0.25, 0.3) is 11.4 Å². The molecule has 0 saturated carbocycles. The molecule has 3 heterocycles. The van der Waals surface area contributed by atoms with Gasteiger partial charge in [0.1, 0.15) is 5.82 Å². The Kier molecular flexibility index (Phi) is 4.31. The van der Waals surface area contributed by atoms with Crippen LogP contribution in [0.1, 0.15) is 24.3 Å². The van der Waals surface area contributed by atoms with E-state index in [1.54, 1.807) is 22.3 Å². The van der Waals surface area contributed by atoms with Crippen LogP contribution in [-0.2, 0) is 17.6 Å². The van der Waals surface area contributed by atoms with Crippen LogP contribution < -0.4 is 4.90 Å². The second kappa shape index (κ2) is 6.76. The van der Waals surface area contributed by atoms with E-state index in [1.165, 1.54) is 6.07 Å². The minimum absolute atomic E-state index is 0.124. The van der Waals surface area contributed by atoms with Crippen LogP contribution in [0.4, 0.5) is 10.1 Å². The minimum Gasteiger partial charge on any atom is -0.339 e. The van der Waals surface area contributed by atoms with Gasteiger partial charge in [-0.15, -0.1) is 0 Å². The van der Waals surface area contributed by atoms with Gasteiger partial charge < -0.3 is 9.42 Å². The Hall–Kier alpha value is -2.54. The van der Waals surface area contributed by atoms with Crippen molar-refractivity contribution in [3.8, 4) is 11.4 Å². The molecule has 0 atom stereocenters. The maximum atomic E-state index is 14.2. The largest absolute Gasteiger partial charge is 0.339 e. The summed E-state index contributed by atoms with van der Waals surface area (Å²) in [6.07, 6.45) is 2.19. The number of carbonyl (C=O) groups excluding carboxylic acids is 1. The Balaban J connectivity index is 1.45. The van der Waals surface area contributed by atoms with Crippen LogP contribution in [0.5, 0.6) is 0 Å². The number of aryl methyl sites for hydroxylation is 2. The molecule has 0 N–H and O–H groups in total. The second-order valence-electron chi connectivity index (χ2n) is 5.92. The van der Waals surface area contributed by atoms with E-state index < -0.39 is 0 Å². The number of carbonyl (C=O) groups is 1. The Labute approximate surface area is 148 Å². The molecule has 1 aliphatic rings. The molecule has 0 fully saturated rings. The molecule has 0 radical (unpaired) electrons. The highest BCUT2D eigenvalue weighted by atomic mass is 32.1. The van der Waals surface area contributed by atoms with Crippen molar-refractivity contribution in [2.24, 2.45) is 0 Å². The van der Waals surface area contributed by atoms with Crippen molar-refractivity contribution in [1.82, 2.24) is 10.1 Å². The average molecular weight is 357 g/mol. The van der Waals surface area contributed by atoms with E-state index in [1.807, 2.05) is 22.9 Å². The molecule has 7 heteroatoms. The Morgan fingerprint density at radius 1 is 1.36 bits per heavy atom. The molecule has 0 spiro atoms. The summed E-state index contributed by atoms with van der Waals surface area (Å²) in [5.74, 6) is 0.475. The zero-order valence-electron chi connectivity index (χ0n) is 13.4. The van der Waals surface area contributed by atoms with Gasteiger partial charge in [0.15, 0.2) is 0 Å². The third-order valence-corrected chi connectivity index (χ3v) is 4.95. The van der Waals surface area contributed by atoms with Crippen LogP contribution in [-0.4, -0.2) is 22.6 Å². The fraction of sp³-hybridized carbons (Fsp3) is 0.278. The number of fused-ring (bicyclic) bond motifs is 1. The highest BCUT2D eigenvalue weighted by molar-refractivity contribution is 7.08. The first kappa shape index (κ1) is 16.0. The van der Waals surface area contributed by atoms with E-state index in [9.17, 15) is 9.18 Å². The predicted octanol–water partition coefficient (Wildman–Crippen LogP) is 3.85. The van der Waals surface area contributed by atoms with Crippen LogP contribution >= 0.6 is 11.3 Å². The lowest BCUT2D eigenvalue weighted by Gasteiger charge is -2.29. The SMILES string of the molecule is O=C(CCc1nc(-c2ccsc2)no1)N1CCCc2cccc(F)c21. The first-order valence-electron chi connectivity index (χ1n) is 8.15. The van der Waals surface area contributed by atoms with Crippen LogP contribution in [0, 0.1) is 5.82 Å². The molecule has 0 unspecified atom stereocenters. The fourth-order valence-electron chi connectivity index (χ4n) is 3.07. The van der Waals surface area contributed by atoms with Crippen molar-refractivity contribution in [3.63, 3.8) is 0 Å². The molecule has 3 aromatic rings. The number of anilines is 1. The number of aromatic nitrogens is 2. The summed E-state index contributed by atoms with van der Waals surface area (Å²) in [5, 5.41) is 7.81. The summed E-state index contributed by atoms with van der Waals surface area (Å²) in [6, 6.07) is 6.88. The van der Waals surface area contributed by atoms with Crippen molar-refractivity contribution in [3.05, 3.63) is 52.3 Å². The van der Waals surface area contributed by atoms with Gasteiger partial charge in [0.05, 0.1) is 5.69 Å². The van der Waals surface area contributed by atoms with Crippen molar-refractivity contribution >= 4 is 22.9 Å². The van der Waals surface area contributed by atoms with Gasteiger partial charge in [0.2, 0.25) is 17.6 Å². The van der Waals surface area contributed by atoms with E-state index in [0.717, 1.165) is 24.0 Å². The summed E-state index contributed by atoms with van der Waals surface area (Å²) in [4.78, 5) is 18.5. The van der Waals surface area contributed by atoms with Gasteiger partial charge in [-0.2, -0.15) is 16.3 Å². The van der Waals surface area contributed by atoms with Crippen LogP contribution in [0.15, 0.2) is 39.5 Å². The molecule has 1 amide bonds. The summed E-state index contributed by atoms with van der Waals surface area (Å²) in [6.45, 7) is 0.538. The van der Waals surface area contributed by atoms with E-state index in [-0.39, 0.29) is 18.1 Å². The Morgan fingerprint density at radius 2 is 2.28 bits per heavy atom. The van der Waals surface area contributed by atoms with Crippen molar-refractivity contribution in [1.29, 1.82) is 0 Å². The van der Waals surface area contributed by atoms with Gasteiger partial charge in [-0.1, -0.05) is 17.3 Å². The highest BCUT2D eigenvalue weighted by Gasteiger charge is 2.25. The average Bonchev–Trinajstić information content (AvgIpc) is 3.31. The quantitative estimate of drug-likeness (QED) is 0.712. The van der Waals surface area contributed by atoms with Crippen LogP contribution in [0.3, 0.4) is 0 Å². The normalized spacial score (nSPS) is 13.7. The van der Waals surface area contributed by atoms with Crippen molar-refractivity contribution in [2.75, 3.05) is 11.4 Å². The summed E-state index contributed by atoms with van der Waals surface area (Å²) < 4.78 is 19.4. The number of nitrogens with zero attached hydrogens (tertiary/aromatic N) is 3. The smallest absolute Gasteiger partial charge is 0.227 e. The minimum atomic E-state index is -0.344. The van der Waals surface area contributed by atoms with Gasteiger partial charge in [-0.05, 0) is 35.9 Å². The molecule has 4 rings (SSSR count). The molecule has 25 heavy (non-hydrogen) atoms. The standard InChI is InChI=1S/C18H16FN3O2S/c19-14-5-1-3-12-4-2-9-22(17(12)14)16(23)7-6-15-20-18(21-24-15)13-8-10-25-11-13/h1,3,5,8,10-11H,2,4,6-7,9H2. The van der Waals surface area contributed by atoms with Gasteiger partial charge in [0.25, 0.3) is 0 Å². The first-order valence-corrected chi connectivity index (χ1v) is 9.09. The lowest BCUT2D eigenvalue weighted by atomic mass is 10.0. The number of hydrogen-bond acceptors (Lipinski definition) is 5. The molecule has 128 valence electrons. The van der Waals surface area contributed by atoms with Gasteiger partial charge in [-0.25, -0.2) is 4.39 Å². The molecule has 1 aliphatic heterocycles. The number of thiophene rings is 1. The molecular formula is C18H16FN3O2S. The van der Waals surface area contributed by atoms with E-state index in [0.29, 0.717) is 30.4 Å². The van der Waals surface area contributed by atoms with Crippen LogP contribution in [0.2, 0.25) is 0 Å². The number of amides is 1. The number of para-hydroxylation sites is 1. The maximum Gasteiger partial charge on any atom is 0.227 e. The summed E-state index contributed by atoms with van der Waals surface area (Å²) in [5.41, 5.74) is 2.21. The van der Waals surface area contributed by atoms with Gasteiger partial charge in [0, 0.05) is 30.3 Å². The lowest BCUT2D eigenvalue weighted by Crippen LogP contribution is -2.36. The lowest BCUT2D eigenvalue weighted by molar-refractivity contribution is -0.118. The number of hydrogen-bond donors (Lipinski definition) is 0. The molecule has 0 aliphatic carbocycles. The molecule has 2 aromatic heterocycles. The van der Waals surface area contributed by atoms with E-state index in [2.05, 4.69) is 10.1 Å². The first-order chi connectivity index (χ1) is 12.2. The summed E-state index contributed by atoms with van der Waals surface area (Å²) in [7, 11) is 0. The number of benzene rings is 1. The molecule has 0 saturated heterocycles. The van der Waals surface area contributed by atoms with E-state index in [4.69, 9.17) is 4.52 Å². The summed E-state index contributed by atoms with van der Waals surface area (Å²) >= 11 is 1.56. The zero-order valence-corrected chi connectivity index (χ0v) is 14.3. The monoisotopic (exact) mass is 357 g/mol. The van der Waals surface area contributed by atoms with E-state index >= 15 is 0 Å². The number of halogens is 1. The molecule has 5 nitrogen and oxygen atoms in total. The Bertz CT molecular complexity index is 892. The Morgan fingerprint density at radius 3 is 3.12 bits per heavy atom. The van der Waals surface area contributed by atoms with Gasteiger partial charge in [-0.3, -0.25) is 4.79 Å². The fourth-order valence-corrected chi connectivity index (χ4v) is 3.70. The molecule has 0 bridgehead atoms.